The summed E-state index contributed by atoms with van der Waals surface area (Å²) in [6, 6.07) is 161. The van der Waals surface area contributed by atoms with Crippen LogP contribution in [0.4, 0.5) is 11.4 Å². The van der Waals surface area contributed by atoms with Crippen LogP contribution in [0.25, 0.3) is 11.1 Å². The molecule has 7 N–H and O–H groups in total. The fraction of sp³-hybridized carbons (Fsp3) is 0.0762. The van der Waals surface area contributed by atoms with Crippen molar-refractivity contribution >= 4 is 207 Å². The van der Waals surface area contributed by atoms with E-state index in [1.165, 1.54) is 89.5 Å². The van der Waals surface area contributed by atoms with Gasteiger partial charge >= 0.3 is 7.12 Å². The molecule has 0 aromatic heterocycles. The summed E-state index contributed by atoms with van der Waals surface area (Å²) in [7, 11) is -3.15. The van der Waals surface area contributed by atoms with Crippen molar-refractivity contribution in [3.05, 3.63) is 476 Å². The van der Waals surface area contributed by atoms with E-state index in [9.17, 15) is 0 Å². The second kappa shape index (κ2) is 55.7. The zero-order chi connectivity index (χ0) is 83.6. The molecule has 121 heavy (non-hydrogen) atoms. The summed E-state index contributed by atoms with van der Waals surface area (Å²) in [5.74, 6) is 0. The first kappa shape index (κ1) is 101. The second-order valence-electron chi connectivity index (χ2n) is 28.8. The van der Waals surface area contributed by atoms with Crippen molar-refractivity contribution in [2.45, 2.75) is 52.4 Å². The Labute approximate surface area is 795 Å². The monoisotopic (exact) mass is 1880 g/mol. The van der Waals surface area contributed by atoms with E-state index in [4.69, 9.17) is 31.6 Å². The van der Waals surface area contributed by atoms with Gasteiger partial charge in [0.25, 0.3) is 0 Å². The minimum atomic E-state index is -1.37. The van der Waals surface area contributed by atoms with Crippen molar-refractivity contribution < 1.29 is 45.4 Å². The van der Waals surface area contributed by atoms with Crippen LogP contribution < -0.4 is 80.6 Å². The first-order chi connectivity index (χ1) is 57.4. The molecule has 0 bridgehead atoms. The van der Waals surface area contributed by atoms with Crippen LogP contribution in [0.15, 0.2) is 461 Å². The summed E-state index contributed by atoms with van der Waals surface area (Å²) in [4.78, 5) is 11.3. The predicted molar refractivity (Wildman–Crippen MR) is 535 cm³/mol. The third-order valence-electron chi connectivity index (χ3n) is 18.1. The summed E-state index contributed by atoms with van der Waals surface area (Å²) in [5.41, 5.74) is 18.6. The molecule has 0 aliphatic heterocycles. The van der Waals surface area contributed by atoms with Gasteiger partial charge in [-0.25, -0.2) is 5.26 Å². The molecular formula is C105H101BIN2Na2O5P4Pd-. The number of benzene rings is 16. The molecule has 0 spiro atoms. The second-order valence-corrected chi connectivity index (χ2v) is 38.9. The molecule has 0 heterocycles. The zero-order valence-corrected chi connectivity index (χ0v) is 81.0. The molecule has 0 amide bonds. The Kier molecular flexibility index (Phi) is 46.7. The summed E-state index contributed by atoms with van der Waals surface area (Å²) in [5, 5.41) is 41.5. The van der Waals surface area contributed by atoms with Crippen LogP contribution in [0.5, 0.6) is 0 Å². The van der Waals surface area contributed by atoms with Gasteiger partial charge in [-0.15, -0.1) is 0 Å². The minimum Gasteiger partial charge on any atom is -0.509 e. The van der Waals surface area contributed by atoms with Crippen LogP contribution in [0.3, 0.4) is 0 Å². The minimum absolute atomic E-state index is 0. The summed E-state index contributed by atoms with van der Waals surface area (Å²) < 4.78 is 1.22. The zero-order valence-electron chi connectivity index (χ0n) is 69.8. The maximum Gasteiger partial charge on any atom is 0.488 e. The molecule has 0 fully saturated rings. The van der Waals surface area contributed by atoms with Crippen LogP contribution in [-0.4, -0.2) is 88.0 Å². The van der Waals surface area contributed by atoms with E-state index in [-0.39, 0.29) is 90.4 Å². The Morgan fingerprint density at radius 1 is 0.273 bits per heavy atom. The average Bonchev–Trinajstić information content (AvgIpc) is 0.834. The quantitative estimate of drug-likeness (QED) is 0.0131. The molecule has 0 saturated heterocycles. The third kappa shape index (κ3) is 34.7. The van der Waals surface area contributed by atoms with Crippen molar-refractivity contribution in [3.8, 4) is 11.1 Å². The largest absolute Gasteiger partial charge is 0.509 e. The number of nitrogens with two attached hydrogens (primary N) is 2. The predicted octanol–water partition coefficient (Wildman–Crippen LogP) is 19.3. The number of rotatable bonds is 15. The van der Waals surface area contributed by atoms with Gasteiger partial charge in [-0.1, -0.05) is 466 Å². The van der Waals surface area contributed by atoms with E-state index >= 15 is 0 Å². The van der Waals surface area contributed by atoms with Gasteiger partial charge in [-0.3, -0.25) is 0 Å². The van der Waals surface area contributed by atoms with Crippen molar-refractivity contribution in [3.63, 3.8) is 0 Å². The fourth-order valence-corrected chi connectivity index (χ4v) is 21.8. The van der Waals surface area contributed by atoms with E-state index in [0.717, 1.165) is 17.8 Å². The van der Waals surface area contributed by atoms with E-state index in [2.05, 4.69) is 469 Å². The first-order valence-electron chi connectivity index (χ1n) is 38.8. The SMILES string of the molecule is CC(C)(C)c1ccc(-c2ccc(N)cc2)cc1.CC(C)(C)c1ccc(B(O)O)cc1.Nc1ccc(I)cc1.O=[C-]OO.[Na].[Na].[Pd].c1ccc(P(c2ccccc2)c2ccccc2)cc1.c1ccc(P(c2ccccc2)c2ccccc2)cc1.c1ccc(P(c2ccccc2)c2ccccc2)cc1.c1ccc(P(c2ccccc2)c2ccccc2)cc1. The number of hydrogen-bond donors (Lipinski definition) is 5. The van der Waals surface area contributed by atoms with Crippen molar-refractivity contribution in [2.24, 2.45) is 0 Å². The Balaban J connectivity index is 0.000000218. The van der Waals surface area contributed by atoms with Crippen LogP contribution in [-0.2, 0) is 40.9 Å². The van der Waals surface area contributed by atoms with E-state index in [1.54, 1.807) is 12.1 Å². The van der Waals surface area contributed by atoms with E-state index < -0.39 is 38.8 Å². The van der Waals surface area contributed by atoms with Crippen LogP contribution in [0, 0.1) is 3.57 Å². The number of anilines is 2. The summed E-state index contributed by atoms with van der Waals surface area (Å²) >= 11 is 2.24. The van der Waals surface area contributed by atoms with E-state index in [1.807, 2.05) is 48.5 Å². The molecule has 2 radical (unpaired) electrons. The molecule has 7 nitrogen and oxygen atoms in total. The van der Waals surface area contributed by atoms with Gasteiger partial charge < -0.3 is 31.2 Å². The Morgan fingerprint density at radius 2 is 0.421 bits per heavy atom. The Bertz CT molecular complexity index is 4520. The number of nitrogen functional groups attached to an aromatic ring is 2. The van der Waals surface area contributed by atoms with Crippen LogP contribution in [0.1, 0.15) is 52.7 Å². The Morgan fingerprint density at radius 3 is 0.562 bits per heavy atom. The molecule has 16 heteroatoms. The Hall–Kier alpha value is -8.35. The molecule has 0 aliphatic carbocycles. The van der Waals surface area contributed by atoms with Crippen LogP contribution in [0.2, 0.25) is 0 Å². The normalized spacial score (nSPS) is 10.3. The van der Waals surface area contributed by atoms with Gasteiger partial charge in [-0.05, 0) is 199 Å². The van der Waals surface area contributed by atoms with Crippen molar-refractivity contribution in [2.75, 3.05) is 11.5 Å². The number of carbonyl (C=O) groups excluding carboxylic acids is 1. The van der Waals surface area contributed by atoms with E-state index in [0.29, 0.717) is 5.46 Å². The molecule has 604 valence electrons. The molecular weight excluding hydrogens is 1780 g/mol. The first-order valence-corrected chi connectivity index (χ1v) is 45.3. The van der Waals surface area contributed by atoms with Gasteiger partial charge in [0.15, 0.2) is 0 Å². The molecule has 0 saturated carbocycles. The number of halogens is 1. The maximum atomic E-state index is 8.87. The van der Waals surface area contributed by atoms with Gasteiger partial charge in [0.2, 0.25) is 0 Å². The van der Waals surface area contributed by atoms with Crippen LogP contribution >= 0.6 is 54.3 Å². The average molecular weight is 1880 g/mol. The smallest absolute Gasteiger partial charge is 0.488 e. The third-order valence-corrected chi connectivity index (χ3v) is 28.6. The van der Waals surface area contributed by atoms with Gasteiger partial charge in [0, 0.05) is 94.5 Å². The number of hydrogen-bond acceptors (Lipinski definition) is 7. The summed E-state index contributed by atoms with van der Waals surface area (Å²) in [6.07, 6.45) is 0. The molecule has 16 aromatic rings. The molecule has 16 rings (SSSR count). The maximum absolute atomic E-state index is 8.87. The van der Waals surface area contributed by atoms with Gasteiger partial charge in [0.05, 0.1) is 0 Å². The molecule has 0 atom stereocenters. The summed E-state index contributed by atoms with van der Waals surface area (Å²) in [6.45, 7) is 13.8. The fourth-order valence-electron chi connectivity index (χ4n) is 12.2. The van der Waals surface area contributed by atoms with Crippen molar-refractivity contribution in [1.29, 1.82) is 0 Å². The van der Waals surface area contributed by atoms with Crippen molar-refractivity contribution in [1.82, 2.24) is 0 Å². The molecule has 0 aliphatic rings. The molecule has 0 unspecified atom stereocenters. The topological polar surface area (TPSA) is 139 Å². The standard InChI is InChI=1S/4C18H15P.C16H19N.C10H15BO2.C6H6IN.CHO3.2Na.Pd/c4*1-4-10-16(11-5-1)19(17-12-6-2-7-13-17)18-14-8-3-9-15-18;1-16(2,3)14-8-4-12(5-9-14)13-6-10-15(17)11-7-13;1-10(2,3)8-4-6-9(7-5-8)11(12)13;7-5-1-3-6(8)4-2-5;2-1-4-3;;;/h4*1-15H;4-11H,17H2,1-3H3;4-7,12-13H,1-3H3;1-4H,8H2;3H;;;/q;;;;;;;-1;;;. The van der Waals surface area contributed by atoms with Gasteiger partial charge in [-0.2, -0.15) is 0 Å². The molecule has 16 aromatic carbocycles. The van der Waals surface area contributed by atoms with Gasteiger partial charge in [0.1, 0.15) is 0 Å².